The summed E-state index contributed by atoms with van der Waals surface area (Å²) in [5, 5.41) is 9.03. The molecule has 0 heterocycles. The Morgan fingerprint density at radius 2 is 2.00 bits per heavy atom. The maximum Gasteiger partial charge on any atom is 0.153 e. The molecular weight excluding hydrogens is 386 g/mol. The Morgan fingerprint density at radius 1 is 1.25 bits per heavy atom. The summed E-state index contributed by atoms with van der Waals surface area (Å²) in [4.78, 5) is 11.1. The molecule has 0 fully saturated rings. The number of aldehydes is 1. The van der Waals surface area contributed by atoms with Crippen LogP contribution in [-0.2, 0) is 6.61 Å². The summed E-state index contributed by atoms with van der Waals surface area (Å²) in [5.74, 6) is 0.468. The first-order valence-corrected chi connectivity index (χ1v) is 7.29. The molecule has 3 nitrogen and oxygen atoms in total. The number of nitrogens with zero attached hydrogens (tertiary/aromatic N) is 1. The summed E-state index contributed by atoms with van der Waals surface area (Å²) in [6.45, 7) is 0.227. The number of benzene rings is 2. The summed E-state index contributed by atoms with van der Waals surface area (Å²) < 4.78 is 7.16. The van der Waals surface area contributed by atoms with E-state index in [9.17, 15) is 4.79 Å². The van der Waals surface area contributed by atoms with Gasteiger partial charge in [-0.25, -0.2) is 0 Å². The van der Waals surface area contributed by atoms with Crippen LogP contribution in [0.25, 0.3) is 0 Å². The van der Waals surface area contributed by atoms with Crippen LogP contribution in [0.2, 0.25) is 0 Å². The molecule has 0 saturated carbocycles. The van der Waals surface area contributed by atoms with Gasteiger partial charge in [-0.05, 0) is 34.1 Å². The second kappa shape index (κ2) is 6.69. The first kappa shape index (κ1) is 14.8. The SMILES string of the molecule is N#Cc1ccccc1COc1c(Br)cc(Br)cc1C=O. The van der Waals surface area contributed by atoms with E-state index in [1.165, 1.54) is 0 Å². The number of hydrogen-bond acceptors (Lipinski definition) is 3. The van der Waals surface area contributed by atoms with E-state index in [-0.39, 0.29) is 6.61 Å². The fraction of sp³-hybridized carbons (Fsp3) is 0.0667. The van der Waals surface area contributed by atoms with Gasteiger partial charge < -0.3 is 4.74 Å². The van der Waals surface area contributed by atoms with E-state index in [1.54, 1.807) is 24.3 Å². The molecule has 0 radical (unpaired) electrons. The standard InChI is InChI=1S/C15H9Br2NO2/c16-13-5-12(8-19)15(14(17)6-13)20-9-11-4-2-1-3-10(11)7-18/h1-6,8H,9H2. The van der Waals surface area contributed by atoms with Crippen molar-refractivity contribution in [1.29, 1.82) is 5.26 Å². The van der Waals surface area contributed by atoms with E-state index in [1.807, 2.05) is 12.1 Å². The van der Waals surface area contributed by atoms with Crippen LogP contribution in [0.3, 0.4) is 0 Å². The average Bonchev–Trinajstić information content (AvgIpc) is 2.45. The van der Waals surface area contributed by atoms with E-state index >= 15 is 0 Å². The van der Waals surface area contributed by atoms with E-state index in [0.29, 0.717) is 21.3 Å². The van der Waals surface area contributed by atoms with Crippen molar-refractivity contribution in [2.24, 2.45) is 0 Å². The lowest BCUT2D eigenvalue weighted by Crippen LogP contribution is -2.01. The lowest BCUT2D eigenvalue weighted by Gasteiger charge is -2.12. The molecule has 0 spiro atoms. The molecule has 0 bridgehead atoms. The van der Waals surface area contributed by atoms with Crippen LogP contribution < -0.4 is 4.74 Å². The highest BCUT2D eigenvalue weighted by molar-refractivity contribution is 9.11. The molecule has 0 aliphatic heterocycles. The van der Waals surface area contributed by atoms with Gasteiger partial charge in [0.1, 0.15) is 12.4 Å². The number of halogens is 2. The highest BCUT2D eigenvalue weighted by atomic mass is 79.9. The third-order valence-electron chi connectivity index (χ3n) is 2.67. The van der Waals surface area contributed by atoms with Crippen molar-refractivity contribution in [3.63, 3.8) is 0 Å². The third-order valence-corrected chi connectivity index (χ3v) is 3.72. The summed E-state index contributed by atoms with van der Waals surface area (Å²) in [6, 6.07) is 12.8. The van der Waals surface area contributed by atoms with Gasteiger partial charge in [-0.1, -0.05) is 34.1 Å². The Bertz CT molecular complexity index is 693. The predicted octanol–water partition coefficient (Wildman–Crippen LogP) is 4.47. The van der Waals surface area contributed by atoms with Gasteiger partial charge in [-0.15, -0.1) is 0 Å². The second-order valence-electron chi connectivity index (χ2n) is 3.98. The molecule has 0 aromatic heterocycles. The van der Waals surface area contributed by atoms with Crippen LogP contribution in [0.15, 0.2) is 45.3 Å². The summed E-state index contributed by atoms with van der Waals surface area (Å²) >= 11 is 6.69. The summed E-state index contributed by atoms with van der Waals surface area (Å²) in [5.41, 5.74) is 1.79. The van der Waals surface area contributed by atoms with Crippen molar-refractivity contribution in [3.8, 4) is 11.8 Å². The van der Waals surface area contributed by atoms with Crippen molar-refractivity contribution in [2.75, 3.05) is 0 Å². The van der Waals surface area contributed by atoms with Crippen LogP contribution in [0.1, 0.15) is 21.5 Å². The van der Waals surface area contributed by atoms with Crippen molar-refractivity contribution in [3.05, 3.63) is 62.0 Å². The molecule has 0 amide bonds. The largest absolute Gasteiger partial charge is 0.487 e. The van der Waals surface area contributed by atoms with Gasteiger partial charge >= 0.3 is 0 Å². The Kier molecular flexibility index (Phi) is 4.94. The highest BCUT2D eigenvalue weighted by Crippen LogP contribution is 2.32. The van der Waals surface area contributed by atoms with E-state index in [0.717, 1.165) is 16.3 Å². The fourth-order valence-electron chi connectivity index (χ4n) is 1.73. The van der Waals surface area contributed by atoms with E-state index < -0.39 is 0 Å². The second-order valence-corrected chi connectivity index (χ2v) is 5.75. The fourth-order valence-corrected chi connectivity index (χ4v) is 3.10. The molecule has 2 aromatic carbocycles. The van der Waals surface area contributed by atoms with Gasteiger partial charge in [0.2, 0.25) is 0 Å². The Labute approximate surface area is 133 Å². The molecule has 2 aromatic rings. The average molecular weight is 395 g/mol. The van der Waals surface area contributed by atoms with Crippen LogP contribution >= 0.6 is 31.9 Å². The summed E-state index contributed by atoms with van der Waals surface area (Å²) in [7, 11) is 0. The molecule has 0 atom stereocenters. The third kappa shape index (κ3) is 3.27. The molecule has 5 heteroatoms. The Morgan fingerprint density at radius 3 is 2.70 bits per heavy atom. The monoisotopic (exact) mass is 393 g/mol. The Hall–Kier alpha value is -1.64. The number of carbonyl (C=O) groups excluding carboxylic acids is 1. The minimum absolute atomic E-state index is 0.227. The van der Waals surface area contributed by atoms with E-state index in [2.05, 4.69) is 37.9 Å². The minimum atomic E-state index is 0.227. The maximum atomic E-state index is 11.1. The van der Waals surface area contributed by atoms with Crippen LogP contribution in [0.5, 0.6) is 5.75 Å². The van der Waals surface area contributed by atoms with Crippen molar-refractivity contribution in [1.82, 2.24) is 0 Å². The quantitative estimate of drug-likeness (QED) is 0.718. The van der Waals surface area contributed by atoms with E-state index in [4.69, 9.17) is 10.00 Å². The zero-order valence-electron chi connectivity index (χ0n) is 10.3. The number of carbonyl (C=O) groups is 1. The van der Waals surface area contributed by atoms with Gasteiger partial charge in [-0.2, -0.15) is 5.26 Å². The van der Waals surface area contributed by atoms with Gasteiger partial charge in [0.05, 0.1) is 21.7 Å². The van der Waals surface area contributed by atoms with Crippen LogP contribution in [-0.4, -0.2) is 6.29 Å². The van der Waals surface area contributed by atoms with Crippen molar-refractivity contribution in [2.45, 2.75) is 6.61 Å². The molecule has 2 rings (SSSR count). The Balaban J connectivity index is 2.28. The molecule has 0 unspecified atom stereocenters. The zero-order valence-corrected chi connectivity index (χ0v) is 13.4. The molecule has 20 heavy (non-hydrogen) atoms. The smallest absolute Gasteiger partial charge is 0.153 e. The molecular formula is C15H9Br2NO2. The number of ether oxygens (including phenoxy) is 1. The maximum absolute atomic E-state index is 11.1. The summed E-state index contributed by atoms with van der Waals surface area (Å²) in [6.07, 6.45) is 0.737. The lowest BCUT2D eigenvalue weighted by molar-refractivity contribution is 0.111. The lowest BCUT2D eigenvalue weighted by atomic mass is 10.1. The highest BCUT2D eigenvalue weighted by Gasteiger charge is 2.11. The normalized spacial score (nSPS) is 9.85. The minimum Gasteiger partial charge on any atom is -0.487 e. The molecule has 0 saturated heterocycles. The van der Waals surface area contributed by atoms with Crippen LogP contribution in [0, 0.1) is 11.3 Å². The number of nitriles is 1. The number of rotatable bonds is 4. The topological polar surface area (TPSA) is 50.1 Å². The molecule has 0 aliphatic rings. The molecule has 100 valence electrons. The van der Waals surface area contributed by atoms with Gasteiger partial charge in [0.25, 0.3) is 0 Å². The van der Waals surface area contributed by atoms with Gasteiger partial charge in [0.15, 0.2) is 6.29 Å². The van der Waals surface area contributed by atoms with Gasteiger partial charge in [0, 0.05) is 10.0 Å². The first-order valence-electron chi connectivity index (χ1n) is 5.70. The zero-order chi connectivity index (χ0) is 14.5. The first-order chi connectivity index (χ1) is 9.65. The molecule has 0 N–H and O–H groups in total. The van der Waals surface area contributed by atoms with Crippen molar-refractivity contribution < 1.29 is 9.53 Å². The van der Waals surface area contributed by atoms with Gasteiger partial charge in [-0.3, -0.25) is 4.79 Å². The number of hydrogen-bond donors (Lipinski definition) is 0. The predicted molar refractivity (Wildman–Crippen MR) is 82.7 cm³/mol. The molecule has 0 aliphatic carbocycles. The van der Waals surface area contributed by atoms with Crippen LogP contribution in [0.4, 0.5) is 0 Å². The van der Waals surface area contributed by atoms with Crippen molar-refractivity contribution >= 4 is 38.1 Å².